The van der Waals surface area contributed by atoms with Gasteiger partial charge in [0.15, 0.2) is 6.10 Å². The molecule has 0 radical (unpaired) electrons. The van der Waals surface area contributed by atoms with E-state index in [1.165, 1.54) is 96.3 Å². The first kappa shape index (κ1) is 50.2. The Morgan fingerprint density at radius 3 is 1.81 bits per heavy atom. The van der Waals surface area contributed by atoms with Crippen LogP contribution in [0.15, 0.2) is 36.5 Å². The van der Waals surface area contributed by atoms with Gasteiger partial charge in [0.05, 0.1) is 25.4 Å². The van der Waals surface area contributed by atoms with Gasteiger partial charge >= 0.3 is 19.8 Å². The predicted octanol–water partition coefficient (Wildman–Crippen LogP) is 11.2. The van der Waals surface area contributed by atoms with Crippen LogP contribution in [-0.2, 0) is 37.4 Å². The van der Waals surface area contributed by atoms with Crippen molar-refractivity contribution in [3.63, 3.8) is 0 Å². The number of carbonyl (C=O) groups excluding carboxylic acids is 2. The number of allylic oxidation sites excluding steroid dienone is 5. The van der Waals surface area contributed by atoms with Gasteiger partial charge in [-0.15, -0.1) is 0 Å². The Kier molecular flexibility index (Phi) is 33.1. The summed E-state index contributed by atoms with van der Waals surface area (Å²) in [5.41, 5.74) is 5.35. The number of phosphoric ester groups is 1. The molecule has 54 heavy (non-hydrogen) atoms. The first-order valence-corrected chi connectivity index (χ1v) is 23.1. The fourth-order valence-electron chi connectivity index (χ4n) is 6.13. The molecule has 314 valence electrons. The zero-order valence-corrected chi connectivity index (χ0v) is 35.0. The number of rotatable bonds is 39. The molecule has 0 aliphatic carbocycles. The Balaban J connectivity index is 2.24. The Morgan fingerprint density at radius 1 is 0.667 bits per heavy atom. The third-order valence-electron chi connectivity index (χ3n) is 9.45. The van der Waals surface area contributed by atoms with E-state index in [4.69, 9.17) is 29.0 Å². The third kappa shape index (κ3) is 32.4. The molecule has 1 aliphatic rings. The number of ether oxygens (including phenoxy) is 3. The van der Waals surface area contributed by atoms with E-state index in [-0.39, 0.29) is 44.8 Å². The lowest BCUT2D eigenvalue weighted by molar-refractivity contribution is -0.161. The first-order chi connectivity index (χ1) is 26.3. The van der Waals surface area contributed by atoms with Gasteiger partial charge < -0.3 is 24.8 Å². The Bertz CT molecular complexity index is 1050. The summed E-state index contributed by atoms with van der Waals surface area (Å²) in [4.78, 5) is 35.0. The lowest BCUT2D eigenvalue weighted by Gasteiger charge is -2.19. The fourth-order valence-corrected chi connectivity index (χ4v) is 6.90. The van der Waals surface area contributed by atoms with E-state index < -0.39 is 32.5 Å². The van der Waals surface area contributed by atoms with Crippen LogP contribution in [-0.4, -0.2) is 61.5 Å². The number of nitrogens with two attached hydrogens (primary N) is 1. The average molecular weight is 784 g/mol. The van der Waals surface area contributed by atoms with Crippen LogP contribution in [0.1, 0.15) is 181 Å². The van der Waals surface area contributed by atoms with Crippen LogP contribution in [0.4, 0.5) is 0 Å². The normalized spacial score (nSPS) is 17.4. The van der Waals surface area contributed by atoms with Gasteiger partial charge in [-0.25, -0.2) is 4.57 Å². The highest BCUT2D eigenvalue weighted by atomic mass is 31.2. The average Bonchev–Trinajstić information content (AvgIpc) is 3.91. The van der Waals surface area contributed by atoms with Crippen LogP contribution in [0, 0.1) is 0 Å². The fraction of sp³-hybridized carbons (Fsp3) is 0.814. The Morgan fingerprint density at radius 2 is 1.20 bits per heavy atom. The van der Waals surface area contributed by atoms with Gasteiger partial charge in [0.1, 0.15) is 6.61 Å². The second-order valence-corrected chi connectivity index (χ2v) is 16.1. The summed E-state index contributed by atoms with van der Waals surface area (Å²) in [6, 6.07) is 0. The molecule has 0 aromatic rings. The van der Waals surface area contributed by atoms with Crippen LogP contribution in [0.5, 0.6) is 0 Å². The van der Waals surface area contributed by atoms with Crippen molar-refractivity contribution in [2.24, 2.45) is 5.73 Å². The minimum Gasteiger partial charge on any atom is -0.462 e. The predicted molar refractivity (Wildman–Crippen MR) is 219 cm³/mol. The summed E-state index contributed by atoms with van der Waals surface area (Å²) in [7, 11) is -4.40. The second kappa shape index (κ2) is 35.6. The van der Waals surface area contributed by atoms with Gasteiger partial charge in [-0.1, -0.05) is 153 Å². The minimum absolute atomic E-state index is 0.0415. The number of unbranched alkanes of at least 4 members (excludes halogenated alkanes) is 17. The smallest absolute Gasteiger partial charge is 0.462 e. The molecule has 0 aromatic carbocycles. The van der Waals surface area contributed by atoms with Crippen LogP contribution in [0.3, 0.4) is 0 Å². The van der Waals surface area contributed by atoms with E-state index in [2.05, 4.69) is 50.3 Å². The van der Waals surface area contributed by atoms with E-state index in [1.54, 1.807) is 0 Å². The van der Waals surface area contributed by atoms with Crippen molar-refractivity contribution in [1.29, 1.82) is 0 Å². The zero-order valence-electron chi connectivity index (χ0n) is 34.1. The van der Waals surface area contributed by atoms with Gasteiger partial charge in [-0.2, -0.15) is 0 Å². The van der Waals surface area contributed by atoms with Crippen LogP contribution >= 0.6 is 7.82 Å². The lowest BCUT2D eigenvalue weighted by atomic mass is 10.0. The van der Waals surface area contributed by atoms with Crippen molar-refractivity contribution in [3.05, 3.63) is 36.5 Å². The largest absolute Gasteiger partial charge is 0.472 e. The molecule has 1 saturated heterocycles. The lowest BCUT2D eigenvalue weighted by Crippen LogP contribution is -2.29. The van der Waals surface area contributed by atoms with E-state index in [9.17, 15) is 19.0 Å². The van der Waals surface area contributed by atoms with Gasteiger partial charge in [-0.3, -0.25) is 18.6 Å². The van der Waals surface area contributed by atoms with Gasteiger partial charge in [0.2, 0.25) is 0 Å². The topological polar surface area (TPSA) is 147 Å². The number of hydrogen-bond acceptors (Lipinski definition) is 9. The standard InChI is InChI=1S/C43H78NO9P/c1-3-5-7-9-11-13-15-17-18-19-21-23-25-27-29-33-42(45)49-37-39(38-51-54(47,48)50-36-35-44)52-43(46)34-30-32-41-40(53-41)31-28-26-24-22-20-16-14-12-10-8-6-4-2/h12,14,20,22,26,28,39-41H,3-11,13,15-19,21,23-25,27,29-38,44H2,1-2H3,(H,47,48)/b14-12-,22-20-,28-26-. The summed E-state index contributed by atoms with van der Waals surface area (Å²) < 4.78 is 38.5. The molecular formula is C43H78NO9P. The monoisotopic (exact) mass is 784 g/mol. The van der Waals surface area contributed by atoms with E-state index in [0.717, 1.165) is 51.4 Å². The van der Waals surface area contributed by atoms with Crippen LogP contribution < -0.4 is 5.73 Å². The molecule has 0 bridgehead atoms. The molecule has 0 saturated carbocycles. The molecule has 4 unspecified atom stereocenters. The maximum atomic E-state index is 12.6. The second-order valence-electron chi connectivity index (χ2n) is 14.6. The number of epoxide rings is 1. The molecule has 0 amide bonds. The summed E-state index contributed by atoms with van der Waals surface area (Å²) in [5, 5.41) is 0. The highest BCUT2D eigenvalue weighted by molar-refractivity contribution is 7.47. The molecule has 0 spiro atoms. The van der Waals surface area contributed by atoms with Crippen molar-refractivity contribution in [1.82, 2.24) is 0 Å². The van der Waals surface area contributed by atoms with Gasteiger partial charge in [0, 0.05) is 19.4 Å². The molecule has 1 fully saturated rings. The molecule has 1 heterocycles. The SMILES string of the molecule is CCCCC/C=C\C/C=C\C/C=C\CC1OC1CCCC(=O)OC(COC(=O)CCCCCCCCCCCCCCCCC)COP(=O)(O)OCCN. The summed E-state index contributed by atoms with van der Waals surface area (Å²) >= 11 is 0. The number of hydrogen-bond donors (Lipinski definition) is 2. The van der Waals surface area contributed by atoms with Crippen LogP contribution in [0.2, 0.25) is 0 Å². The van der Waals surface area contributed by atoms with Crippen molar-refractivity contribution >= 4 is 19.8 Å². The summed E-state index contributed by atoms with van der Waals surface area (Å²) in [5.74, 6) is -0.901. The van der Waals surface area contributed by atoms with Gasteiger partial charge in [-0.05, 0) is 51.4 Å². The molecule has 0 aromatic heterocycles. The molecular weight excluding hydrogens is 705 g/mol. The van der Waals surface area contributed by atoms with Gasteiger partial charge in [0.25, 0.3) is 0 Å². The minimum atomic E-state index is -4.40. The van der Waals surface area contributed by atoms with E-state index in [1.807, 2.05) is 0 Å². The number of carbonyl (C=O) groups is 2. The quantitative estimate of drug-likeness (QED) is 0.0203. The molecule has 3 N–H and O–H groups in total. The molecule has 11 heteroatoms. The number of phosphoric acid groups is 1. The Labute approximate surface area is 329 Å². The van der Waals surface area contributed by atoms with Crippen molar-refractivity contribution in [3.8, 4) is 0 Å². The maximum absolute atomic E-state index is 12.6. The molecule has 1 rings (SSSR count). The summed E-state index contributed by atoms with van der Waals surface area (Å²) in [6.45, 7) is 3.62. The zero-order chi connectivity index (χ0) is 39.4. The molecule has 4 atom stereocenters. The number of esters is 2. The van der Waals surface area contributed by atoms with E-state index >= 15 is 0 Å². The summed E-state index contributed by atoms with van der Waals surface area (Å²) in [6.07, 6.45) is 40.5. The van der Waals surface area contributed by atoms with Crippen molar-refractivity contribution in [2.75, 3.05) is 26.4 Å². The highest BCUT2D eigenvalue weighted by Gasteiger charge is 2.36. The molecule has 10 nitrogen and oxygen atoms in total. The van der Waals surface area contributed by atoms with E-state index in [0.29, 0.717) is 6.42 Å². The first-order valence-electron chi connectivity index (χ1n) is 21.6. The Hall–Kier alpha value is -1.81. The van der Waals surface area contributed by atoms with Crippen molar-refractivity contribution in [2.45, 2.75) is 199 Å². The third-order valence-corrected chi connectivity index (χ3v) is 10.4. The van der Waals surface area contributed by atoms with Crippen LogP contribution in [0.25, 0.3) is 0 Å². The maximum Gasteiger partial charge on any atom is 0.472 e. The molecule has 1 aliphatic heterocycles. The highest BCUT2D eigenvalue weighted by Crippen LogP contribution is 2.43. The van der Waals surface area contributed by atoms with Crippen molar-refractivity contribution < 1.29 is 42.3 Å².